The van der Waals surface area contributed by atoms with Gasteiger partial charge in [-0.3, -0.25) is 0 Å². The highest BCUT2D eigenvalue weighted by molar-refractivity contribution is 5.95. The zero-order chi connectivity index (χ0) is 28.2. The molecule has 1 N–H and O–H groups in total. The summed E-state index contributed by atoms with van der Waals surface area (Å²) in [5.74, 6) is 1.60. The maximum Gasteiger partial charge on any atom is 0.407 e. The third-order valence-corrected chi connectivity index (χ3v) is 7.30. The monoisotopic (exact) mass is 550 g/mol. The highest BCUT2D eigenvalue weighted by Crippen LogP contribution is 2.37. The van der Waals surface area contributed by atoms with Gasteiger partial charge in [0.05, 0.1) is 12.2 Å². The van der Waals surface area contributed by atoms with Gasteiger partial charge < -0.3 is 38.9 Å². The number of rotatable bonds is 9. The zero-order valence-electron chi connectivity index (χ0n) is 23.7. The highest BCUT2D eigenvalue weighted by Gasteiger charge is 2.29. The lowest BCUT2D eigenvalue weighted by Crippen LogP contribution is -2.49. The first kappa shape index (κ1) is 27.7. The first-order valence-electron chi connectivity index (χ1n) is 13.7. The number of piperazine rings is 1. The minimum Gasteiger partial charge on any atom is -0.467 e. The molecule has 1 atom stereocenters. The van der Waals surface area contributed by atoms with Crippen molar-refractivity contribution in [1.29, 1.82) is 0 Å². The smallest absolute Gasteiger partial charge is 0.407 e. The first-order valence-corrected chi connectivity index (χ1v) is 13.7. The van der Waals surface area contributed by atoms with E-state index in [2.05, 4.69) is 39.0 Å². The van der Waals surface area contributed by atoms with Crippen LogP contribution in [-0.2, 0) is 17.7 Å². The summed E-state index contributed by atoms with van der Waals surface area (Å²) in [6, 6.07) is 12.7. The van der Waals surface area contributed by atoms with E-state index in [1.54, 1.807) is 7.11 Å². The standard InChI is InChI=1S/C29H38N6O5/c1-20(17-32(2)3)40-28-30-25-18-35(26-16-22(39-19-38-4)15-21-7-5-6-8-23(21)26)10-9-24(25)27(31-28)33-11-13-34(14-12-33)29(36)37/h5-8,15-16,20H,9-14,17-19H2,1-4H3,(H,36,37)/t20-/m0/s1. The summed E-state index contributed by atoms with van der Waals surface area (Å²) in [4.78, 5) is 29.3. The van der Waals surface area contributed by atoms with Crippen LogP contribution < -0.4 is 19.3 Å². The number of carboxylic acid groups (broad SMARTS) is 1. The fraction of sp³-hybridized carbons (Fsp3) is 0.483. The van der Waals surface area contributed by atoms with Gasteiger partial charge in [-0.05, 0) is 38.9 Å². The van der Waals surface area contributed by atoms with Gasteiger partial charge in [-0.2, -0.15) is 9.97 Å². The van der Waals surface area contributed by atoms with E-state index in [0.29, 0.717) is 38.7 Å². The Kier molecular flexibility index (Phi) is 8.41. The molecule has 11 nitrogen and oxygen atoms in total. The molecular weight excluding hydrogens is 512 g/mol. The van der Waals surface area contributed by atoms with Crippen molar-refractivity contribution >= 4 is 28.4 Å². The molecule has 40 heavy (non-hydrogen) atoms. The largest absolute Gasteiger partial charge is 0.467 e. The Morgan fingerprint density at radius 1 is 1.07 bits per heavy atom. The van der Waals surface area contributed by atoms with Crippen LogP contribution in [0.25, 0.3) is 10.8 Å². The Labute approximate surface area is 234 Å². The average Bonchev–Trinajstić information content (AvgIpc) is 2.94. The molecule has 3 aromatic rings. The van der Waals surface area contributed by atoms with Gasteiger partial charge in [0.1, 0.15) is 17.7 Å². The molecule has 2 aromatic carbocycles. The lowest BCUT2D eigenvalue weighted by molar-refractivity contribution is 0.0512. The molecule has 1 aromatic heterocycles. The molecule has 3 heterocycles. The summed E-state index contributed by atoms with van der Waals surface area (Å²) in [5, 5.41) is 11.7. The third-order valence-electron chi connectivity index (χ3n) is 7.30. The van der Waals surface area contributed by atoms with Crippen LogP contribution >= 0.6 is 0 Å². The number of hydrogen-bond acceptors (Lipinski definition) is 9. The van der Waals surface area contributed by atoms with Crippen molar-refractivity contribution in [1.82, 2.24) is 19.8 Å². The number of ether oxygens (including phenoxy) is 3. The molecule has 5 rings (SSSR count). The van der Waals surface area contributed by atoms with Crippen molar-refractivity contribution in [2.75, 3.05) is 77.1 Å². The number of carbonyl (C=O) groups is 1. The third kappa shape index (κ3) is 6.15. The number of methoxy groups -OCH3 is 1. The van der Waals surface area contributed by atoms with Crippen LogP contribution in [0.15, 0.2) is 36.4 Å². The van der Waals surface area contributed by atoms with Crippen LogP contribution in [0.4, 0.5) is 16.3 Å². The van der Waals surface area contributed by atoms with Crippen LogP contribution in [0.1, 0.15) is 18.2 Å². The van der Waals surface area contributed by atoms with Gasteiger partial charge in [-0.15, -0.1) is 0 Å². The quantitative estimate of drug-likeness (QED) is 0.399. The lowest BCUT2D eigenvalue weighted by Gasteiger charge is -2.37. The molecule has 0 radical (unpaired) electrons. The summed E-state index contributed by atoms with van der Waals surface area (Å²) in [6.45, 7) is 6.34. The molecule has 1 amide bonds. The maximum atomic E-state index is 11.5. The number of anilines is 2. The van der Waals surface area contributed by atoms with Gasteiger partial charge in [-0.25, -0.2) is 4.79 Å². The van der Waals surface area contributed by atoms with Crippen LogP contribution in [0, 0.1) is 0 Å². The summed E-state index contributed by atoms with van der Waals surface area (Å²) >= 11 is 0. The molecule has 2 aliphatic rings. The number of hydrogen-bond donors (Lipinski definition) is 1. The van der Waals surface area contributed by atoms with Crippen molar-refractivity contribution in [2.24, 2.45) is 0 Å². The minimum atomic E-state index is -0.884. The second kappa shape index (κ2) is 12.1. The Hall–Kier alpha value is -3.83. The summed E-state index contributed by atoms with van der Waals surface area (Å²) < 4.78 is 17.2. The molecule has 0 spiro atoms. The molecular formula is C29H38N6O5. The van der Waals surface area contributed by atoms with E-state index in [4.69, 9.17) is 24.2 Å². The SMILES string of the molecule is COCOc1cc(N2CCc3c(nc(O[C@@H](C)CN(C)C)nc3N3CCN(C(=O)O)CC3)C2)c2ccccc2c1. The predicted octanol–water partition coefficient (Wildman–Crippen LogP) is 3.30. The van der Waals surface area contributed by atoms with Gasteiger partial charge in [-0.1, -0.05) is 24.3 Å². The fourth-order valence-corrected chi connectivity index (χ4v) is 5.48. The average molecular weight is 551 g/mol. The number of benzene rings is 2. The summed E-state index contributed by atoms with van der Waals surface area (Å²) in [5.41, 5.74) is 3.11. The van der Waals surface area contributed by atoms with Crippen molar-refractivity contribution in [2.45, 2.75) is 26.0 Å². The van der Waals surface area contributed by atoms with E-state index < -0.39 is 6.09 Å². The number of likely N-dealkylation sites (N-methyl/N-ethyl adjacent to an activating group) is 1. The normalized spacial score (nSPS) is 16.3. The fourth-order valence-electron chi connectivity index (χ4n) is 5.48. The lowest BCUT2D eigenvalue weighted by atomic mass is 10.0. The Balaban J connectivity index is 1.49. The molecule has 2 aliphatic heterocycles. The Morgan fingerprint density at radius 2 is 1.85 bits per heavy atom. The molecule has 0 aliphatic carbocycles. The van der Waals surface area contributed by atoms with Gasteiger partial charge in [0.25, 0.3) is 0 Å². The molecule has 0 bridgehead atoms. The topological polar surface area (TPSA) is 104 Å². The van der Waals surface area contributed by atoms with E-state index in [9.17, 15) is 9.90 Å². The number of amides is 1. The van der Waals surface area contributed by atoms with Crippen molar-refractivity contribution in [3.63, 3.8) is 0 Å². The maximum absolute atomic E-state index is 11.5. The van der Waals surface area contributed by atoms with Gasteiger partial charge >= 0.3 is 12.1 Å². The van der Waals surface area contributed by atoms with Gasteiger partial charge in [0.15, 0.2) is 6.79 Å². The second-order valence-corrected chi connectivity index (χ2v) is 10.6. The number of aromatic nitrogens is 2. The Morgan fingerprint density at radius 3 is 2.58 bits per heavy atom. The highest BCUT2D eigenvalue weighted by atomic mass is 16.7. The van der Waals surface area contributed by atoms with Crippen molar-refractivity contribution < 1.29 is 24.1 Å². The van der Waals surface area contributed by atoms with E-state index >= 15 is 0 Å². The minimum absolute atomic E-state index is 0.0944. The second-order valence-electron chi connectivity index (χ2n) is 10.6. The van der Waals surface area contributed by atoms with Crippen LogP contribution in [-0.4, -0.2) is 104 Å². The molecule has 11 heteroatoms. The summed E-state index contributed by atoms with van der Waals surface area (Å²) in [6.07, 6.45) is -0.219. The van der Waals surface area contributed by atoms with Crippen molar-refractivity contribution in [3.05, 3.63) is 47.7 Å². The summed E-state index contributed by atoms with van der Waals surface area (Å²) in [7, 11) is 5.63. The van der Waals surface area contributed by atoms with E-state index in [1.165, 1.54) is 4.90 Å². The van der Waals surface area contributed by atoms with E-state index in [0.717, 1.165) is 58.8 Å². The molecule has 0 saturated carbocycles. The van der Waals surface area contributed by atoms with Crippen LogP contribution in [0.2, 0.25) is 0 Å². The molecule has 1 saturated heterocycles. The zero-order valence-corrected chi connectivity index (χ0v) is 23.7. The van der Waals surface area contributed by atoms with E-state index in [-0.39, 0.29) is 12.9 Å². The Bertz CT molecular complexity index is 1340. The van der Waals surface area contributed by atoms with Gasteiger partial charge in [0, 0.05) is 69.1 Å². The molecule has 214 valence electrons. The molecule has 0 unspecified atom stereocenters. The molecule has 1 fully saturated rings. The first-order chi connectivity index (χ1) is 19.3. The van der Waals surface area contributed by atoms with Crippen LogP contribution in [0.3, 0.4) is 0 Å². The number of fused-ring (bicyclic) bond motifs is 2. The van der Waals surface area contributed by atoms with Crippen molar-refractivity contribution in [3.8, 4) is 11.8 Å². The van der Waals surface area contributed by atoms with E-state index in [1.807, 2.05) is 33.2 Å². The van der Waals surface area contributed by atoms with Gasteiger partial charge in [0.2, 0.25) is 0 Å². The predicted molar refractivity (Wildman–Crippen MR) is 154 cm³/mol. The van der Waals surface area contributed by atoms with Crippen LogP contribution in [0.5, 0.6) is 11.8 Å². The number of nitrogens with zero attached hydrogens (tertiary/aromatic N) is 6.